The zero-order valence-corrected chi connectivity index (χ0v) is 12.3. The highest BCUT2D eigenvalue weighted by atomic mass is 16.3. The largest absolute Gasteiger partial charge is 0.507 e. The third-order valence-corrected chi connectivity index (χ3v) is 3.60. The fraction of sp³-hybridized carbons (Fsp3) is 0.0526. The topological polar surface area (TPSA) is 69.9 Å². The number of nitrogens with zero attached hydrogens (tertiary/aromatic N) is 1. The number of rotatable bonds is 4. The molecule has 0 spiro atoms. The van der Waals surface area contributed by atoms with Crippen molar-refractivity contribution in [3.05, 3.63) is 71.8 Å². The quantitative estimate of drug-likeness (QED) is 0.572. The maximum atomic E-state index is 12.0. The normalized spacial score (nSPS) is 11.1. The van der Waals surface area contributed by atoms with Gasteiger partial charge in [-0.1, -0.05) is 42.5 Å². The number of carbonyl (C=O) groups is 1. The first-order valence-electron chi connectivity index (χ1n) is 7.18. The second kappa shape index (κ2) is 6.32. The highest BCUT2D eigenvalue weighted by Crippen LogP contribution is 2.27. The molecule has 0 aliphatic carbocycles. The summed E-state index contributed by atoms with van der Waals surface area (Å²) < 4.78 is 0. The van der Waals surface area contributed by atoms with Crippen molar-refractivity contribution in [2.45, 2.75) is 0 Å². The third-order valence-electron chi connectivity index (χ3n) is 3.60. The van der Waals surface area contributed by atoms with Crippen LogP contribution in [-0.2, 0) is 0 Å². The highest BCUT2D eigenvalue weighted by molar-refractivity contribution is 6.02. The molecule has 3 aromatic carbocycles. The molecule has 114 valence electrons. The van der Waals surface area contributed by atoms with Gasteiger partial charge in [-0.05, 0) is 23.6 Å². The Kier molecular flexibility index (Phi) is 4.06. The number of hydrogen-bond acceptors (Lipinski definition) is 4. The maximum Gasteiger partial charge on any atom is 0.187 e. The van der Waals surface area contributed by atoms with Gasteiger partial charge in [-0.2, -0.15) is 0 Å². The van der Waals surface area contributed by atoms with Crippen LogP contribution in [0.3, 0.4) is 0 Å². The Morgan fingerprint density at radius 3 is 2.52 bits per heavy atom. The molecule has 2 N–H and O–H groups in total. The molecule has 0 saturated heterocycles. The van der Waals surface area contributed by atoms with Crippen molar-refractivity contribution >= 4 is 22.8 Å². The van der Waals surface area contributed by atoms with Gasteiger partial charge >= 0.3 is 0 Å². The van der Waals surface area contributed by atoms with Crippen LogP contribution in [0.25, 0.3) is 10.8 Å². The molecule has 4 heteroatoms. The van der Waals surface area contributed by atoms with Gasteiger partial charge in [-0.15, -0.1) is 0 Å². The molecule has 0 fully saturated rings. The van der Waals surface area contributed by atoms with E-state index in [9.17, 15) is 15.0 Å². The summed E-state index contributed by atoms with van der Waals surface area (Å²) in [7, 11) is 0. The van der Waals surface area contributed by atoms with E-state index < -0.39 is 0 Å². The molecule has 0 aliphatic rings. The molecule has 0 atom stereocenters. The van der Waals surface area contributed by atoms with Crippen molar-refractivity contribution in [2.75, 3.05) is 6.54 Å². The summed E-state index contributed by atoms with van der Waals surface area (Å²) in [5.74, 6) is -0.192. The van der Waals surface area contributed by atoms with E-state index in [2.05, 4.69) is 4.99 Å². The lowest BCUT2D eigenvalue weighted by molar-refractivity contribution is 0.0999. The molecule has 0 radical (unpaired) electrons. The van der Waals surface area contributed by atoms with Crippen LogP contribution in [0.2, 0.25) is 0 Å². The summed E-state index contributed by atoms with van der Waals surface area (Å²) in [4.78, 5) is 16.1. The molecular weight excluding hydrogens is 290 g/mol. The van der Waals surface area contributed by atoms with Crippen molar-refractivity contribution in [2.24, 2.45) is 4.99 Å². The molecule has 23 heavy (non-hydrogen) atoms. The Bertz CT molecular complexity index is 900. The highest BCUT2D eigenvalue weighted by Gasteiger charge is 2.09. The van der Waals surface area contributed by atoms with Crippen molar-refractivity contribution in [1.29, 1.82) is 0 Å². The van der Waals surface area contributed by atoms with Crippen LogP contribution >= 0.6 is 0 Å². The fourth-order valence-corrected chi connectivity index (χ4v) is 2.40. The van der Waals surface area contributed by atoms with E-state index in [0.29, 0.717) is 5.56 Å². The molecule has 0 saturated carbocycles. The number of Topliss-reactive ketones (excluding diaryl/α,β-unsaturated/α-hetero) is 1. The second-order valence-electron chi connectivity index (χ2n) is 5.13. The number of para-hydroxylation sites is 1. The lowest BCUT2D eigenvalue weighted by atomic mass is 10.1. The van der Waals surface area contributed by atoms with Crippen LogP contribution in [0.15, 0.2) is 65.7 Å². The van der Waals surface area contributed by atoms with E-state index in [4.69, 9.17) is 0 Å². The van der Waals surface area contributed by atoms with E-state index in [1.54, 1.807) is 24.3 Å². The first-order valence-corrected chi connectivity index (χ1v) is 7.18. The minimum absolute atomic E-state index is 0.0544. The number of benzene rings is 3. The Morgan fingerprint density at radius 1 is 0.957 bits per heavy atom. The van der Waals surface area contributed by atoms with Crippen LogP contribution in [-0.4, -0.2) is 28.8 Å². The van der Waals surface area contributed by atoms with E-state index in [1.807, 2.05) is 30.3 Å². The van der Waals surface area contributed by atoms with Crippen LogP contribution in [0, 0.1) is 0 Å². The summed E-state index contributed by atoms with van der Waals surface area (Å²) in [5, 5.41) is 21.6. The van der Waals surface area contributed by atoms with Crippen molar-refractivity contribution < 1.29 is 15.0 Å². The van der Waals surface area contributed by atoms with Gasteiger partial charge in [0, 0.05) is 17.2 Å². The van der Waals surface area contributed by atoms with Gasteiger partial charge in [-0.25, -0.2) is 0 Å². The van der Waals surface area contributed by atoms with E-state index >= 15 is 0 Å². The maximum absolute atomic E-state index is 12.0. The average molecular weight is 305 g/mol. The van der Waals surface area contributed by atoms with Crippen LogP contribution in [0.4, 0.5) is 0 Å². The smallest absolute Gasteiger partial charge is 0.187 e. The zero-order valence-electron chi connectivity index (χ0n) is 12.3. The molecular formula is C19H15NO3. The molecule has 0 bridgehead atoms. The Balaban J connectivity index is 1.80. The van der Waals surface area contributed by atoms with Gasteiger partial charge in [0.1, 0.15) is 18.0 Å². The molecule has 0 amide bonds. The van der Waals surface area contributed by atoms with Gasteiger partial charge in [0.2, 0.25) is 0 Å². The molecule has 4 nitrogen and oxygen atoms in total. The Morgan fingerprint density at radius 2 is 1.70 bits per heavy atom. The Labute approximate surface area is 133 Å². The number of aliphatic imine (C=N–C) groups is 1. The van der Waals surface area contributed by atoms with Crippen molar-refractivity contribution in [1.82, 2.24) is 0 Å². The molecule has 0 heterocycles. The lowest BCUT2D eigenvalue weighted by Gasteiger charge is -2.04. The number of aromatic hydroxyl groups is 2. The van der Waals surface area contributed by atoms with Gasteiger partial charge < -0.3 is 10.2 Å². The minimum atomic E-state index is -0.278. The molecule has 0 aromatic heterocycles. The summed E-state index contributed by atoms with van der Waals surface area (Å²) in [6.45, 7) is -0.0934. The number of hydrogen-bond donors (Lipinski definition) is 2. The summed E-state index contributed by atoms with van der Waals surface area (Å²) >= 11 is 0. The molecule has 3 rings (SSSR count). The lowest BCUT2D eigenvalue weighted by Crippen LogP contribution is -2.03. The van der Waals surface area contributed by atoms with Gasteiger partial charge in [-0.3, -0.25) is 9.79 Å². The van der Waals surface area contributed by atoms with Gasteiger partial charge in [0.25, 0.3) is 0 Å². The monoisotopic (exact) mass is 305 g/mol. The second-order valence-corrected chi connectivity index (χ2v) is 5.13. The minimum Gasteiger partial charge on any atom is -0.507 e. The molecule has 0 unspecified atom stereocenters. The third kappa shape index (κ3) is 3.06. The van der Waals surface area contributed by atoms with Crippen LogP contribution in [0.5, 0.6) is 11.5 Å². The number of ketones is 1. The summed E-state index contributed by atoms with van der Waals surface area (Å²) in [6.07, 6.45) is 1.47. The summed E-state index contributed by atoms with van der Waals surface area (Å²) in [5.41, 5.74) is 0.793. The number of fused-ring (bicyclic) bond motifs is 1. The van der Waals surface area contributed by atoms with Crippen LogP contribution < -0.4 is 0 Å². The van der Waals surface area contributed by atoms with Crippen molar-refractivity contribution in [3.8, 4) is 11.5 Å². The van der Waals surface area contributed by atoms with Gasteiger partial charge in [0.05, 0.1) is 5.56 Å². The van der Waals surface area contributed by atoms with E-state index in [-0.39, 0.29) is 29.4 Å². The van der Waals surface area contributed by atoms with E-state index in [0.717, 1.165) is 10.8 Å². The number of phenols is 2. The van der Waals surface area contributed by atoms with E-state index in [1.165, 1.54) is 12.3 Å². The number of phenolic OH excluding ortho intramolecular Hbond substituents is 2. The summed E-state index contributed by atoms with van der Waals surface area (Å²) in [6, 6.07) is 17.5. The van der Waals surface area contributed by atoms with Gasteiger partial charge in [0.15, 0.2) is 5.78 Å². The number of carbonyl (C=O) groups excluding carboxylic acids is 1. The molecule has 3 aromatic rings. The predicted octanol–water partition coefficient (Wildman–Crippen LogP) is 3.55. The fourth-order valence-electron chi connectivity index (χ4n) is 2.40. The molecule has 0 aliphatic heterocycles. The average Bonchev–Trinajstić information content (AvgIpc) is 2.57. The van der Waals surface area contributed by atoms with Crippen LogP contribution in [0.1, 0.15) is 15.9 Å². The Hall–Kier alpha value is -3.14. The predicted molar refractivity (Wildman–Crippen MR) is 90.5 cm³/mol. The SMILES string of the molecule is O=C(CN=Cc1ccc2ccccc2c1O)c1ccccc1O. The zero-order chi connectivity index (χ0) is 16.2. The van der Waals surface area contributed by atoms with Crippen molar-refractivity contribution in [3.63, 3.8) is 0 Å². The first-order chi connectivity index (χ1) is 11.2. The first kappa shape index (κ1) is 14.8. The standard InChI is InChI=1S/C19H15NO3/c21-17-8-4-3-7-16(17)18(22)12-20-11-14-10-9-13-5-1-2-6-15(13)19(14)23/h1-11,21,23H,12H2.